The quantitative estimate of drug-likeness (QED) is 0.576. The first-order valence-corrected chi connectivity index (χ1v) is 5.86. The van der Waals surface area contributed by atoms with Crippen molar-refractivity contribution in [3.05, 3.63) is 0 Å². The molecule has 98 valence electrons. The van der Waals surface area contributed by atoms with Crippen molar-refractivity contribution in [3.63, 3.8) is 0 Å². The van der Waals surface area contributed by atoms with Gasteiger partial charge in [0.25, 0.3) is 0 Å². The number of likely N-dealkylation sites (tertiary alicyclic amines) is 1. The van der Waals surface area contributed by atoms with Crippen LogP contribution >= 0.6 is 0 Å². The van der Waals surface area contributed by atoms with Gasteiger partial charge >= 0.3 is 0 Å². The number of nitrogens with zero attached hydrogens (tertiary/aromatic N) is 1. The van der Waals surface area contributed by atoms with Gasteiger partial charge in [-0.1, -0.05) is 13.8 Å². The van der Waals surface area contributed by atoms with Crippen LogP contribution in [-0.2, 0) is 9.59 Å². The molecule has 0 aromatic rings. The normalized spacial score (nSPS) is 26.3. The van der Waals surface area contributed by atoms with E-state index in [4.69, 9.17) is 11.5 Å². The zero-order chi connectivity index (χ0) is 13.2. The Morgan fingerprint density at radius 3 is 2.53 bits per heavy atom. The summed E-state index contributed by atoms with van der Waals surface area (Å²) in [5, 5.41) is 9.49. The molecule has 0 aliphatic carbocycles. The fraction of sp³-hybridized carbons (Fsp3) is 0.818. The van der Waals surface area contributed by atoms with Crippen molar-refractivity contribution in [1.82, 2.24) is 4.90 Å². The van der Waals surface area contributed by atoms with E-state index >= 15 is 0 Å². The fourth-order valence-electron chi connectivity index (χ4n) is 2.15. The molecule has 0 radical (unpaired) electrons. The molecule has 1 rings (SSSR count). The number of aliphatic hydroxyl groups is 1. The first kappa shape index (κ1) is 13.9. The number of hydrogen-bond donors (Lipinski definition) is 3. The zero-order valence-corrected chi connectivity index (χ0v) is 10.3. The molecule has 1 saturated heterocycles. The minimum absolute atomic E-state index is 0.137. The fourth-order valence-corrected chi connectivity index (χ4v) is 2.15. The van der Waals surface area contributed by atoms with Gasteiger partial charge in [0, 0.05) is 13.0 Å². The third-order valence-electron chi connectivity index (χ3n) is 2.93. The van der Waals surface area contributed by atoms with Gasteiger partial charge in [-0.15, -0.1) is 0 Å². The summed E-state index contributed by atoms with van der Waals surface area (Å²) < 4.78 is 0. The Kier molecular flexibility index (Phi) is 4.47. The molecule has 0 aromatic carbocycles. The molecular weight excluding hydrogens is 222 g/mol. The summed E-state index contributed by atoms with van der Waals surface area (Å²) in [6.45, 7) is 4.08. The van der Waals surface area contributed by atoms with Crippen LogP contribution in [0, 0.1) is 5.92 Å². The lowest BCUT2D eigenvalue weighted by Crippen LogP contribution is -2.50. The number of β-amino-alcohol motifs (C(OH)–C–C–N with tert-alkyl or cyclic N) is 1. The average Bonchev–Trinajstić information content (AvgIpc) is 2.58. The zero-order valence-electron chi connectivity index (χ0n) is 10.3. The van der Waals surface area contributed by atoms with Crippen molar-refractivity contribution in [3.8, 4) is 0 Å². The van der Waals surface area contributed by atoms with Gasteiger partial charge < -0.3 is 21.5 Å². The molecule has 0 saturated carbocycles. The van der Waals surface area contributed by atoms with E-state index < -0.39 is 24.1 Å². The van der Waals surface area contributed by atoms with E-state index in [2.05, 4.69) is 0 Å². The van der Waals surface area contributed by atoms with Crippen LogP contribution in [0.1, 0.15) is 26.7 Å². The number of carbonyl (C=O) groups is 2. The smallest absolute Gasteiger partial charge is 0.240 e. The van der Waals surface area contributed by atoms with Crippen LogP contribution < -0.4 is 11.5 Å². The summed E-state index contributed by atoms with van der Waals surface area (Å²) in [6, 6.07) is -1.36. The second-order valence-corrected chi connectivity index (χ2v) is 5.03. The molecule has 0 spiro atoms. The highest BCUT2D eigenvalue weighted by Gasteiger charge is 2.39. The number of aliphatic hydroxyl groups excluding tert-OH is 1. The van der Waals surface area contributed by atoms with E-state index in [0.717, 1.165) is 0 Å². The van der Waals surface area contributed by atoms with Crippen LogP contribution in [0.2, 0.25) is 0 Å². The Bertz CT molecular complexity index is 306. The van der Waals surface area contributed by atoms with E-state index in [1.165, 1.54) is 4.90 Å². The minimum atomic E-state index is -0.726. The van der Waals surface area contributed by atoms with Crippen LogP contribution in [0.4, 0.5) is 0 Å². The molecule has 2 unspecified atom stereocenters. The Hall–Kier alpha value is -1.14. The maximum atomic E-state index is 12.0. The van der Waals surface area contributed by atoms with Crippen molar-refractivity contribution in [2.75, 3.05) is 6.54 Å². The molecule has 1 aliphatic heterocycles. The van der Waals surface area contributed by atoms with Crippen LogP contribution in [0.3, 0.4) is 0 Å². The van der Waals surface area contributed by atoms with Gasteiger partial charge in [0.15, 0.2) is 0 Å². The van der Waals surface area contributed by atoms with E-state index in [-0.39, 0.29) is 18.9 Å². The first-order valence-electron chi connectivity index (χ1n) is 5.86. The highest BCUT2D eigenvalue weighted by atomic mass is 16.3. The average molecular weight is 243 g/mol. The lowest BCUT2D eigenvalue weighted by molar-refractivity contribution is -0.138. The van der Waals surface area contributed by atoms with E-state index in [1.54, 1.807) is 0 Å². The highest BCUT2D eigenvalue weighted by molar-refractivity contribution is 5.89. The van der Waals surface area contributed by atoms with Gasteiger partial charge in [-0.2, -0.15) is 0 Å². The number of rotatable bonds is 4. The molecule has 1 fully saturated rings. The highest BCUT2D eigenvalue weighted by Crippen LogP contribution is 2.19. The topological polar surface area (TPSA) is 110 Å². The second-order valence-electron chi connectivity index (χ2n) is 5.03. The summed E-state index contributed by atoms with van der Waals surface area (Å²) in [5.74, 6) is -0.598. The molecule has 1 heterocycles. The van der Waals surface area contributed by atoms with Crippen molar-refractivity contribution < 1.29 is 14.7 Å². The largest absolute Gasteiger partial charge is 0.391 e. The number of amides is 2. The standard InChI is InChI=1S/C11H21N3O3/c1-6(2)3-8(12)11(17)14-5-7(15)4-9(14)10(13)16/h6-9,15H,3-5,12H2,1-2H3,(H2,13,16)/t7?,8-,9?/m0/s1. The van der Waals surface area contributed by atoms with Gasteiger partial charge in [-0.3, -0.25) is 9.59 Å². The molecule has 5 N–H and O–H groups in total. The van der Waals surface area contributed by atoms with E-state index in [9.17, 15) is 14.7 Å². The number of nitrogens with two attached hydrogens (primary N) is 2. The second kappa shape index (κ2) is 5.46. The maximum Gasteiger partial charge on any atom is 0.240 e. The van der Waals surface area contributed by atoms with Crippen LogP contribution in [0.15, 0.2) is 0 Å². The number of hydrogen-bond acceptors (Lipinski definition) is 4. The summed E-state index contributed by atoms with van der Waals surface area (Å²) in [7, 11) is 0. The molecule has 3 atom stereocenters. The lowest BCUT2D eigenvalue weighted by Gasteiger charge is -2.25. The van der Waals surface area contributed by atoms with Crippen LogP contribution in [0.25, 0.3) is 0 Å². The van der Waals surface area contributed by atoms with E-state index in [0.29, 0.717) is 12.3 Å². The number of primary amides is 1. The predicted octanol–water partition coefficient (Wildman–Crippen LogP) is -1.19. The Morgan fingerprint density at radius 1 is 1.47 bits per heavy atom. The van der Waals surface area contributed by atoms with Crippen molar-refractivity contribution in [2.24, 2.45) is 17.4 Å². The molecule has 6 nitrogen and oxygen atoms in total. The molecular formula is C11H21N3O3. The Morgan fingerprint density at radius 2 is 2.06 bits per heavy atom. The van der Waals surface area contributed by atoms with Gasteiger partial charge in [0.1, 0.15) is 6.04 Å². The van der Waals surface area contributed by atoms with Gasteiger partial charge in [-0.05, 0) is 12.3 Å². The lowest BCUT2D eigenvalue weighted by atomic mass is 10.0. The number of carbonyl (C=O) groups excluding carboxylic acids is 2. The van der Waals surface area contributed by atoms with Crippen molar-refractivity contribution >= 4 is 11.8 Å². The Labute approximate surface area is 101 Å². The molecule has 0 aromatic heterocycles. The van der Waals surface area contributed by atoms with Gasteiger partial charge in [0.05, 0.1) is 12.1 Å². The maximum absolute atomic E-state index is 12.0. The molecule has 6 heteroatoms. The van der Waals surface area contributed by atoms with Crippen LogP contribution in [-0.4, -0.2) is 46.6 Å². The summed E-state index contributed by atoms with van der Waals surface area (Å²) in [5.41, 5.74) is 11.0. The Balaban J connectivity index is 2.70. The minimum Gasteiger partial charge on any atom is -0.391 e. The van der Waals surface area contributed by atoms with Crippen molar-refractivity contribution in [1.29, 1.82) is 0 Å². The van der Waals surface area contributed by atoms with E-state index in [1.807, 2.05) is 13.8 Å². The third kappa shape index (κ3) is 3.41. The van der Waals surface area contributed by atoms with Crippen molar-refractivity contribution in [2.45, 2.75) is 44.9 Å². The molecule has 0 bridgehead atoms. The summed E-state index contributed by atoms with van der Waals surface area (Å²) >= 11 is 0. The predicted molar refractivity (Wildman–Crippen MR) is 62.7 cm³/mol. The first-order chi connectivity index (χ1) is 7.82. The summed E-state index contributed by atoms with van der Waals surface area (Å²) in [6.07, 6.45) is 0.0644. The third-order valence-corrected chi connectivity index (χ3v) is 2.93. The van der Waals surface area contributed by atoms with Gasteiger partial charge in [0.2, 0.25) is 11.8 Å². The monoisotopic (exact) mass is 243 g/mol. The SMILES string of the molecule is CC(C)C[C@H](N)C(=O)N1CC(O)CC1C(N)=O. The summed E-state index contributed by atoms with van der Waals surface area (Å²) in [4.78, 5) is 24.5. The molecule has 1 aliphatic rings. The molecule has 17 heavy (non-hydrogen) atoms. The van der Waals surface area contributed by atoms with Gasteiger partial charge in [-0.25, -0.2) is 0 Å². The van der Waals surface area contributed by atoms with Crippen LogP contribution in [0.5, 0.6) is 0 Å². The molecule has 2 amide bonds.